The minimum Gasteiger partial charge on any atom is -0.468 e. The summed E-state index contributed by atoms with van der Waals surface area (Å²) >= 11 is 3.20. The van der Waals surface area contributed by atoms with Crippen molar-refractivity contribution in [1.82, 2.24) is 20.0 Å². The molecule has 0 saturated heterocycles. The maximum atomic E-state index is 12.0. The van der Waals surface area contributed by atoms with Crippen LogP contribution >= 0.6 is 15.9 Å². The quantitative estimate of drug-likeness (QED) is 0.768. The van der Waals surface area contributed by atoms with Gasteiger partial charge in [-0.15, -0.1) is 0 Å². The van der Waals surface area contributed by atoms with E-state index >= 15 is 0 Å². The highest BCUT2D eigenvalue weighted by atomic mass is 79.9. The largest absolute Gasteiger partial charge is 0.468 e. The Bertz CT molecular complexity index is 653. The van der Waals surface area contributed by atoms with E-state index in [4.69, 9.17) is 0 Å². The summed E-state index contributed by atoms with van der Waals surface area (Å²) in [5.41, 5.74) is 1.07. The third-order valence-electron chi connectivity index (χ3n) is 2.53. The predicted molar refractivity (Wildman–Crippen MR) is 74.1 cm³/mol. The van der Waals surface area contributed by atoms with E-state index in [0.29, 0.717) is 16.7 Å². The summed E-state index contributed by atoms with van der Waals surface area (Å²) in [4.78, 5) is 23.1. The number of carbonyl (C=O) groups excluding carboxylic acids is 1. The SMILES string of the molecule is COC(=O)Cn1ncc(NCc2cn[nH]c2)c(Br)c1=O. The predicted octanol–water partition coefficient (Wildman–Crippen LogP) is 0.514. The minimum absolute atomic E-state index is 0.226. The van der Waals surface area contributed by atoms with Crippen molar-refractivity contribution in [2.45, 2.75) is 13.1 Å². The molecule has 0 aliphatic rings. The van der Waals surface area contributed by atoms with Crippen molar-refractivity contribution in [3.05, 3.63) is 39.0 Å². The Kier molecular flexibility index (Phi) is 4.51. The van der Waals surface area contributed by atoms with E-state index in [-0.39, 0.29) is 6.54 Å². The van der Waals surface area contributed by atoms with E-state index in [1.807, 2.05) is 0 Å². The van der Waals surface area contributed by atoms with Crippen molar-refractivity contribution < 1.29 is 9.53 Å². The van der Waals surface area contributed by atoms with Crippen molar-refractivity contribution in [2.24, 2.45) is 0 Å². The van der Waals surface area contributed by atoms with Crippen LogP contribution in [0.25, 0.3) is 0 Å². The number of carbonyl (C=O) groups is 1. The Morgan fingerprint density at radius 2 is 2.35 bits per heavy atom. The summed E-state index contributed by atoms with van der Waals surface area (Å²) < 4.78 is 5.83. The van der Waals surface area contributed by atoms with E-state index in [1.54, 1.807) is 12.4 Å². The number of esters is 1. The van der Waals surface area contributed by atoms with Crippen LogP contribution in [0.2, 0.25) is 0 Å². The normalized spacial score (nSPS) is 10.3. The molecule has 0 aliphatic heterocycles. The average Bonchev–Trinajstić information content (AvgIpc) is 2.96. The fourth-order valence-electron chi connectivity index (χ4n) is 1.46. The van der Waals surface area contributed by atoms with Crippen LogP contribution in [0.15, 0.2) is 27.9 Å². The highest BCUT2D eigenvalue weighted by Crippen LogP contribution is 2.16. The van der Waals surface area contributed by atoms with Crippen LogP contribution in [0, 0.1) is 0 Å². The Morgan fingerprint density at radius 1 is 1.55 bits per heavy atom. The molecule has 0 bridgehead atoms. The van der Waals surface area contributed by atoms with Crippen LogP contribution in [0.3, 0.4) is 0 Å². The van der Waals surface area contributed by atoms with Gasteiger partial charge in [-0.2, -0.15) is 10.2 Å². The standard InChI is InChI=1S/C11H12BrN5O3/c1-20-9(18)6-17-11(19)10(12)8(5-16-17)13-2-7-3-14-15-4-7/h3-5,13H,2,6H2,1H3,(H,14,15). The molecule has 2 rings (SSSR count). The van der Waals surface area contributed by atoms with Gasteiger partial charge >= 0.3 is 5.97 Å². The zero-order chi connectivity index (χ0) is 14.5. The molecule has 2 aromatic heterocycles. The Hall–Kier alpha value is -2.16. The molecule has 0 aliphatic carbocycles. The maximum Gasteiger partial charge on any atom is 0.327 e. The summed E-state index contributed by atoms with van der Waals surface area (Å²) in [6.45, 7) is 0.271. The van der Waals surface area contributed by atoms with E-state index in [0.717, 1.165) is 10.2 Å². The van der Waals surface area contributed by atoms with E-state index in [1.165, 1.54) is 13.3 Å². The van der Waals surface area contributed by atoms with Gasteiger partial charge in [0.1, 0.15) is 11.0 Å². The fourth-order valence-corrected chi connectivity index (χ4v) is 1.91. The molecular weight excluding hydrogens is 330 g/mol. The molecule has 106 valence electrons. The third kappa shape index (κ3) is 3.23. The van der Waals surface area contributed by atoms with E-state index in [2.05, 4.69) is 41.3 Å². The first-order valence-corrected chi connectivity index (χ1v) is 6.45. The minimum atomic E-state index is -0.536. The first-order valence-electron chi connectivity index (χ1n) is 5.65. The second-order valence-corrected chi connectivity index (χ2v) is 4.66. The number of nitrogens with one attached hydrogen (secondary N) is 2. The highest BCUT2D eigenvalue weighted by Gasteiger charge is 2.11. The zero-order valence-corrected chi connectivity index (χ0v) is 12.2. The van der Waals surface area contributed by atoms with Crippen LogP contribution in [-0.4, -0.2) is 33.1 Å². The van der Waals surface area contributed by atoms with Gasteiger partial charge in [-0.1, -0.05) is 0 Å². The number of hydrogen-bond donors (Lipinski definition) is 2. The maximum absolute atomic E-state index is 12.0. The van der Waals surface area contributed by atoms with Crippen LogP contribution in [-0.2, 0) is 22.6 Å². The summed E-state index contributed by atoms with van der Waals surface area (Å²) in [5, 5.41) is 13.5. The third-order valence-corrected chi connectivity index (χ3v) is 3.30. The molecule has 0 unspecified atom stereocenters. The number of ether oxygens (including phenoxy) is 1. The lowest BCUT2D eigenvalue weighted by Crippen LogP contribution is -2.28. The van der Waals surface area contributed by atoms with Gasteiger partial charge in [0.15, 0.2) is 0 Å². The number of anilines is 1. The number of halogens is 1. The Balaban J connectivity index is 2.14. The molecule has 20 heavy (non-hydrogen) atoms. The van der Waals surface area contributed by atoms with Crippen molar-refractivity contribution in [1.29, 1.82) is 0 Å². The van der Waals surface area contributed by atoms with Crippen LogP contribution < -0.4 is 10.9 Å². The fraction of sp³-hybridized carbons (Fsp3) is 0.273. The Morgan fingerprint density at radius 3 is 3.00 bits per heavy atom. The van der Waals surface area contributed by atoms with E-state index < -0.39 is 11.5 Å². The molecule has 0 spiro atoms. The van der Waals surface area contributed by atoms with E-state index in [9.17, 15) is 9.59 Å². The van der Waals surface area contributed by atoms with Gasteiger partial charge in [0.25, 0.3) is 5.56 Å². The number of rotatable bonds is 5. The molecule has 0 amide bonds. The van der Waals surface area contributed by atoms with Crippen LogP contribution in [0.1, 0.15) is 5.56 Å². The van der Waals surface area contributed by atoms with Gasteiger partial charge in [0.05, 0.1) is 25.2 Å². The molecule has 0 fully saturated rings. The number of H-pyrrole nitrogens is 1. The monoisotopic (exact) mass is 341 g/mol. The Labute approximate surface area is 122 Å². The zero-order valence-electron chi connectivity index (χ0n) is 10.6. The van der Waals surface area contributed by atoms with Gasteiger partial charge in [-0.25, -0.2) is 4.68 Å². The molecule has 0 aromatic carbocycles. The van der Waals surface area contributed by atoms with Gasteiger partial charge in [0.2, 0.25) is 0 Å². The number of aromatic nitrogens is 4. The first kappa shape index (κ1) is 14.3. The number of methoxy groups -OCH3 is 1. The summed E-state index contributed by atoms with van der Waals surface area (Å²) in [7, 11) is 1.25. The molecule has 2 aromatic rings. The topological polar surface area (TPSA) is 102 Å². The summed E-state index contributed by atoms with van der Waals surface area (Å²) in [6, 6.07) is 0. The van der Waals surface area contributed by atoms with Gasteiger partial charge < -0.3 is 10.1 Å². The number of aromatic amines is 1. The molecular formula is C11H12BrN5O3. The first-order chi connectivity index (χ1) is 9.61. The van der Waals surface area contributed by atoms with Crippen LogP contribution in [0.4, 0.5) is 5.69 Å². The van der Waals surface area contributed by atoms with Crippen molar-refractivity contribution in [3.63, 3.8) is 0 Å². The molecule has 0 radical (unpaired) electrons. The lowest BCUT2D eigenvalue weighted by atomic mass is 10.3. The average molecular weight is 342 g/mol. The van der Waals surface area contributed by atoms with Crippen molar-refractivity contribution in [3.8, 4) is 0 Å². The molecule has 2 heterocycles. The lowest BCUT2D eigenvalue weighted by molar-refractivity contribution is -0.141. The summed E-state index contributed by atoms with van der Waals surface area (Å²) in [5.74, 6) is -0.536. The lowest BCUT2D eigenvalue weighted by Gasteiger charge is -2.09. The molecule has 9 heteroatoms. The summed E-state index contributed by atoms with van der Waals surface area (Å²) in [6.07, 6.45) is 4.88. The molecule has 0 saturated carbocycles. The molecule has 2 N–H and O–H groups in total. The molecule has 0 atom stereocenters. The van der Waals surface area contributed by atoms with Crippen LogP contribution in [0.5, 0.6) is 0 Å². The number of hydrogen-bond acceptors (Lipinski definition) is 6. The smallest absolute Gasteiger partial charge is 0.327 e. The second kappa shape index (κ2) is 6.33. The van der Waals surface area contributed by atoms with Gasteiger partial charge in [0, 0.05) is 18.3 Å². The van der Waals surface area contributed by atoms with Crippen molar-refractivity contribution >= 4 is 27.6 Å². The number of nitrogens with zero attached hydrogens (tertiary/aromatic N) is 3. The van der Waals surface area contributed by atoms with Crippen molar-refractivity contribution in [2.75, 3.05) is 12.4 Å². The van der Waals surface area contributed by atoms with Gasteiger partial charge in [-0.3, -0.25) is 14.7 Å². The molecule has 8 nitrogen and oxygen atoms in total. The second-order valence-electron chi connectivity index (χ2n) is 3.87. The highest BCUT2D eigenvalue weighted by molar-refractivity contribution is 9.10. The van der Waals surface area contributed by atoms with Gasteiger partial charge in [-0.05, 0) is 15.9 Å².